The molecule has 0 N–H and O–H groups in total. The lowest BCUT2D eigenvalue weighted by Crippen LogP contribution is -2.32. The molecule has 7 nitrogen and oxygen atoms in total. The van der Waals surface area contributed by atoms with Crippen molar-refractivity contribution in [2.24, 2.45) is 10.00 Å². The van der Waals surface area contributed by atoms with Gasteiger partial charge in [0, 0.05) is 24.1 Å². The molecule has 1 atom stereocenters. The van der Waals surface area contributed by atoms with Crippen LogP contribution >= 0.6 is 8.07 Å². The van der Waals surface area contributed by atoms with Crippen molar-refractivity contribution in [3.05, 3.63) is 78.1 Å². The predicted octanol–water partition coefficient (Wildman–Crippen LogP) is 5.05. The van der Waals surface area contributed by atoms with Crippen LogP contribution in [0.1, 0.15) is 24.1 Å². The fraction of sp³-hybridized carbons (Fsp3) is 0.217. The second-order valence-corrected chi connectivity index (χ2v) is 8.74. The van der Waals surface area contributed by atoms with Gasteiger partial charge in [0.05, 0.1) is 26.4 Å². The van der Waals surface area contributed by atoms with Gasteiger partial charge in [0.25, 0.3) is 0 Å². The van der Waals surface area contributed by atoms with Gasteiger partial charge in [-0.1, -0.05) is 30.3 Å². The number of nitrogens with zero attached hydrogens (tertiary/aromatic N) is 5. The molecule has 1 aromatic carbocycles. The maximum Gasteiger partial charge on any atom is 0.306 e. The van der Waals surface area contributed by atoms with E-state index in [4.69, 9.17) is 4.74 Å². The van der Waals surface area contributed by atoms with Crippen LogP contribution in [0.2, 0.25) is 0 Å². The van der Waals surface area contributed by atoms with E-state index in [-0.39, 0.29) is 5.97 Å². The fourth-order valence-electron chi connectivity index (χ4n) is 3.04. The number of carbonyl (C=O) groups excluding carboxylic acids is 1. The van der Waals surface area contributed by atoms with Crippen molar-refractivity contribution in [3.8, 4) is 11.3 Å². The Kier molecular flexibility index (Phi) is 6.85. The highest BCUT2D eigenvalue weighted by Crippen LogP contribution is 2.39. The van der Waals surface area contributed by atoms with Crippen LogP contribution in [0.25, 0.3) is 17.3 Å². The van der Waals surface area contributed by atoms with Crippen LogP contribution in [-0.4, -0.2) is 22.6 Å². The number of ether oxygens (including phenoxy) is 1. The van der Waals surface area contributed by atoms with E-state index < -0.39 is 8.07 Å². The summed E-state index contributed by atoms with van der Waals surface area (Å²) in [6.45, 7) is 3.08. The lowest BCUT2D eigenvalue weighted by Gasteiger charge is -2.05. The number of esters is 1. The third-order valence-electron chi connectivity index (χ3n) is 4.73. The lowest BCUT2D eigenvalue weighted by molar-refractivity contribution is -0.697. The Morgan fingerprint density at radius 1 is 1.13 bits per heavy atom. The smallest absolute Gasteiger partial charge is 0.306 e. The summed E-state index contributed by atoms with van der Waals surface area (Å²) in [5.41, 5.74) is 3.49. The first kappa shape index (κ1) is 20.9. The zero-order valence-electron chi connectivity index (χ0n) is 17.3. The van der Waals surface area contributed by atoms with Crippen LogP contribution in [0.15, 0.2) is 76.9 Å². The van der Waals surface area contributed by atoms with Crippen LogP contribution in [0.4, 0.5) is 5.82 Å². The molecule has 0 radical (unpaired) electrons. The van der Waals surface area contributed by atoms with Gasteiger partial charge >= 0.3 is 5.97 Å². The summed E-state index contributed by atoms with van der Waals surface area (Å²) >= 11 is 0. The van der Waals surface area contributed by atoms with E-state index in [1.807, 2.05) is 78.0 Å². The molecule has 31 heavy (non-hydrogen) atoms. The molecule has 1 unspecified atom stereocenters. The molecular weight excluding hydrogens is 409 g/mol. The normalized spacial score (nSPS) is 14.7. The van der Waals surface area contributed by atoms with Crippen molar-refractivity contribution < 1.29 is 14.1 Å². The number of rotatable bonds is 7. The number of fused-ring (bicyclic) bond motifs is 1. The molecule has 1 aliphatic rings. The summed E-state index contributed by atoms with van der Waals surface area (Å²) in [6.07, 6.45) is 8.73. The molecule has 4 rings (SSSR count). The second kappa shape index (κ2) is 10.1. The zero-order chi connectivity index (χ0) is 21.5. The Labute approximate surface area is 182 Å². The van der Waals surface area contributed by atoms with Gasteiger partial charge in [0.2, 0.25) is 0 Å². The van der Waals surface area contributed by atoms with Gasteiger partial charge in [-0.15, -0.1) is 5.11 Å². The molecule has 2 aromatic heterocycles. The van der Waals surface area contributed by atoms with Gasteiger partial charge in [0.1, 0.15) is 18.8 Å². The van der Waals surface area contributed by atoms with Crippen LogP contribution in [-0.2, 0) is 22.7 Å². The lowest BCUT2D eigenvalue weighted by atomic mass is 10.2. The molecule has 0 fully saturated rings. The average Bonchev–Trinajstić information content (AvgIpc) is 3.00. The molecule has 3 heterocycles. The highest BCUT2D eigenvalue weighted by molar-refractivity contribution is 7.58. The van der Waals surface area contributed by atoms with Crippen molar-refractivity contribution in [1.82, 2.24) is 9.97 Å². The number of carbonyl (C=O) groups is 1. The molecule has 3 aromatic rings. The first-order valence-corrected chi connectivity index (χ1v) is 11.9. The molecule has 0 saturated heterocycles. The van der Waals surface area contributed by atoms with Gasteiger partial charge in [0.15, 0.2) is 18.2 Å². The maximum atomic E-state index is 11.9. The second-order valence-electron chi connectivity index (χ2n) is 7.12. The molecular formula is C23H23N5O2P+. The van der Waals surface area contributed by atoms with Crippen LogP contribution in [0.3, 0.4) is 0 Å². The van der Waals surface area contributed by atoms with Crippen molar-refractivity contribution in [1.29, 1.82) is 0 Å². The summed E-state index contributed by atoms with van der Waals surface area (Å²) in [5, 5.41) is 4.17. The predicted molar refractivity (Wildman–Crippen MR) is 120 cm³/mol. The Bertz CT molecular complexity index is 1100. The van der Waals surface area contributed by atoms with Gasteiger partial charge in [-0.25, -0.2) is 14.5 Å². The van der Waals surface area contributed by atoms with Crippen molar-refractivity contribution >= 4 is 25.9 Å². The number of aromatic nitrogens is 3. The minimum Gasteiger partial charge on any atom is -0.461 e. The Balaban J connectivity index is 1.29. The van der Waals surface area contributed by atoms with E-state index in [1.165, 1.54) is 0 Å². The van der Waals surface area contributed by atoms with Crippen molar-refractivity contribution in [2.45, 2.75) is 26.0 Å². The number of aryl methyl sites for hydroxylation is 1. The number of benzene rings is 1. The Morgan fingerprint density at radius 3 is 2.74 bits per heavy atom. The molecule has 1 aliphatic heterocycles. The van der Waals surface area contributed by atoms with Gasteiger partial charge in [-0.05, 0) is 24.1 Å². The molecule has 156 valence electrons. The highest BCUT2D eigenvalue weighted by atomic mass is 31.1. The largest absolute Gasteiger partial charge is 0.461 e. The van der Waals surface area contributed by atoms with Gasteiger partial charge in [-0.3, -0.25) is 4.79 Å². The quantitative estimate of drug-likeness (QED) is 0.297. The van der Waals surface area contributed by atoms with Crippen LogP contribution in [0, 0.1) is 0 Å². The van der Waals surface area contributed by atoms with E-state index in [0.717, 1.165) is 29.1 Å². The van der Waals surface area contributed by atoms with Gasteiger partial charge in [-0.2, -0.15) is 4.88 Å². The van der Waals surface area contributed by atoms with Crippen LogP contribution in [0.5, 0.6) is 0 Å². The molecule has 0 amide bonds. The molecule has 0 spiro atoms. The first-order valence-electron chi connectivity index (χ1n) is 10.1. The van der Waals surface area contributed by atoms with Crippen LogP contribution < -0.4 is 4.57 Å². The molecule has 0 bridgehead atoms. The topological polar surface area (TPSA) is 80.7 Å². The minimum atomic E-state index is -0.597. The van der Waals surface area contributed by atoms with Gasteiger partial charge < -0.3 is 4.74 Å². The summed E-state index contributed by atoms with van der Waals surface area (Å²) in [4.78, 5) is 25.2. The maximum absolute atomic E-state index is 11.9. The Morgan fingerprint density at radius 2 is 1.94 bits per heavy atom. The van der Waals surface area contributed by atoms with Crippen molar-refractivity contribution in [2.75, 3.05) is 6.66 Å². The monoisotopic (exact) mass is 432 g/mol. The fourth-order valence-corrected chi connectivity index (χ4v) is 3.68. The molecule has 0 saturated carbocycles. The molecule has 8 heteroatoms. The third-order valence-corrected chi connectivity index (χ3v) is 5.69. The zero-order valence-corrected chi connectivity index (χ0v) is 18.2. The van der Waals surface area contributed by atoms with E-state index in [1.54, 1.807) is 6.20 Å². The minimum absolute atomic E-state index is 0.178. The number of hydrogen-bond acceptors (Lipinski definition) is 6. The summed E-state index contributed by atoms with van der Waals surface area (Å²) in [7, 11) is -0.597. The summed E-state index contributed by atoms with van der Waals surface area (Å²) in [6, 6.07) is 13.7. The highest BCUT2D eigenvalue weighted by Gasteiger charge is 2.12. The van der Waals surface area contributed by atoms with Crippen molar-refractivity contribution in [3.63, 3.8) is 0 Å². The Hall–Kier alpha value is -3.31. The van der Waals surface area contributed by atoms with E-state index >= 15 is 0 Å². The summed E-state index contributed by atoms with van der Waals surface area (Å²) < 4.78 is 7.37. The molecule has 0 aliphatic carbocycles. The average molecular weight is 432 g/mol. The van der Waals surface area contributed by atoms with E-state index in [9.17, 15) is 4.79 Å². The standard InChI is InChI=1S/C23H23N5O2P/c1-31-15-11-20-23(26-27-31)24-16-21(25-20)19-9-13-28(14-10-19)12-5-8-22(29)30-17-18-6-3-2-4-7-18/h2-4,6-7,9-11,13-16H,5,8,12,17H2,1H3/q+1. The first-order chi connectivity index (χ1) is 15.2. The number of pyridine rings is 1. The SMILES string of the molecule is CP1C=Cc2nc(-c3cc[n+](CCCC(=O)OCc4ccccc4)cc3)cnc2N=N1. The third kappa shape index (κ3) is 5.86. The summed E-state index contributed by atoms with van der Waals surface area (Å²) in [5.74, 6) is 2.40. The van der Waals surface area contributed by atoms with E-state index in [0.29, 0.717) is 25.3 Å². The van der Waals surface area contributed by atoms with E-state index in [2.05, 4.69) is 20.0 Å². The number of hydrogen-bond donors (Lipinski definition) is 0.